The summed E-state index contributed by atoms with van der Waals surface area (Å²) < 4.78 is 30.1. The van der Waals surface area contributed by atoms with Crippen molar-refractivity contribution in [2.24, 2.45) is 0 Å². The number of furan rings is 1. The number of hydrogen-bond donors (Lipinski definition) is 2. The Morgan fingerprint density at radius 3 is 2.40 bits per heavy atom. The molecule has 2 N–H and O–H groups in total. The van der Waals surface area contributed by atoms with E-state index in [2.05, 4.69) is 5.32 Å². The van der Waals surface area contributed by atoms with Crippen molar-refractivity contribution >= 4 is 10.0 Å². The predicted octanol–water partition coefficient (Wildman–Crippen LogP) is 1.17. The maximum absolute atomic E-state index is 11.8. The summed E-state index contributed by atoms with van der Waals surface area (Å²) in [5, 5.41) is 13.1. The highest BCUT2D eigenvalue weighted by molar-refractivity contribution is 7.88. The maximum atomic E-state index is 11.8. The van der Waals surface area contributed by atoms with E-state index in [1.165, 1.54) is 20.2 Å². The number of hydrogen-bond acceptors (Lipinski definition) is 5. The topological polar surface area (TPSA) is 82.8 Å². The van der Waals surface area contributed by atoms with E-state index in [0.717, 1.165) is 4.31 Å². The molecule has 7 heteroatoms. The first-order chi connectivity index (χ1) is 9.25. The van der Waals surface area contributed by atoms with Gasteiger partial charge in [0.25, 0.3) is 10.0 Å². The molecule has 0 atom stereocenters. The van der Waals surface area contributed by atoms with Crippen LogP contribution in [0.3, 0.4) is 0 Å². The maximum Gasteiger partial charge on any atom is 0.275 e. The summed E-state index contributed by atoms with van der Waals surface area (Å²) in [6, 6.07) is 3.07. The molecule has 0 unspecified atom stereocenters. The molecular formula is C13H24N2O4S. The lowest BCUT2D eigenvalue weighted by molar-refractivity contribution is 0.0318. The molecule has 0 aliphatic rings. The van der Waals surface area contributed by atoms with Gasteiger partial charge in [-0.3, -0.25) is 0 Å². The summed E-state index contributed by atoms with van der Waals surface area (Å²) in [4.78, 5) is 0. The van der Waals surface area contributed by atoms with Crippen LogP contribution in [0.25, 0.3) is 0 Å². The fourth-order valence-electron chi connectivity index (χ4n) is 1.69. The highest BCUT2D eigenvalue weighted by Gasteiger charge is 2.23. The van der Waals surface area contributed by atoms with Crippen LogP contribution in [-0.4, -0.2) is 44.1 Å². The van der Waals surface area contributed by atoms with E-state index in [0.29, 0.717) is 31.7 Å². The highest BCUT2D eigenvalue weighted by Crippen LogP contribution is 2.17. The van der Waals surface area contributed by atoms with Crippen molar-refractivity contribution < 1.29 is 17.9 Å². The van der Waals surface area contributed by atoms with Crippen molar-refractivity contribution in [2.45, 2.75) is 43.9 Å². The van der Waals surface area contributed by atoms with E-state index in [4.69, 9.17) is 4.42 Å². The SMILES string of the molecule is CCC(O)(CC)CNCc1ccc(S(=O)(=O)N(C)C)o1. The second kappa shape index (κ2) is 6.71. The zero-order valence-electron chi connectivity index (χ0n) is 12.5. The van der Waals surface area contributed by atoms with Crippen LogP contribution in [0.2, 0.25) is 0 Å². The third kappa shape index (κ3) is 4.05. The largest absolute Gasteiger partial charge is 0.447 e. The van der Waals surface area contributed by atoms with Crippen molar-refractivity contribution in [3.8, 4) is 0 Å². The van der Waals surface area contributed by atoms with Gasteiger partial charge in [0.05, 0.1) is 12.1 Å². The molecule has 0 amide bonds. The molecule has 116 valence electrons. The van der Waals surface area contributed by atoms with Gasteiger partial charge in [-0.1, -0.05) is 13.8 Å². The van der Waals surface area contributed by atoms with Crippen LogP contribution in [0.4, 0.5) is 0 Å². The molecule has 1 rings (SSSR count). The summed E-state index contributed by atoms with van der Waals surface area (Å²) in [5.74, 6) is 0.528. The number of sulfonamides is 1. The lowest BCUT2D eigenvalue weighted by Gasteiger charge is -2.25. The second-order valence-corrected chi connectivity index (χ2v) is 7.13. The Morgan fingerprint density at radius 2 is 1.90 bits per heavy atom. The Kier molecular flexibility index (Phi) is 5.76. The molecule has 20 heavy (non-hydrogen) atoms. The van der Waals surface area contributed by atoms with Crippen molar-refractivity contribution in [2.75, 3.05) is 20.6 Å². The minimum atomic E-state index is -3.53. The van der Waals surface area contributed by atoms with Crippen molar-refractivity contribution in [3.05, 3.63) is 17.9 Å². The van der Waals surface area contributed by atoms with Gasteiger partial charge < -0.3 is 14.8 Å². The van der Waals surface area contributed by atoms with Crippen LogP contribution in [0, 0.1) is 0 Å². The first-order valence-electron chi connectivity index (χ1n) is 6.69. The normalized spacial score (nSPS) is 13.1. The minimum absolute atomic E-state index is 0.0689. The fraction of sp³-hybridized carbons (Fsp3) is 0.692. The summed E-state index contributed by atoms with van der Waals surface area (Å²) in [7, 11) is -0.616. The fourth-order valence-corrected chi connectivity index (χ4v) is 2.50. The molecule has 0 spiro atoms. The van der Waals surface area contributed by atoms with Crippen molar-refractivity contribution in [3.63, 3.8) is 0 Å². The molecule has 0 saturated heterocycles. The van der Waals surface area contributed by atoms with Gasteiger partial charge in [0, 0.05) is 20.6 Å². The molecule has 1 heterocycles. The molecule has 0 saturated carbocycles. The second-order valence-electron chi connectivity index (χ2n) is 5.04. The van der Waals surface area contributed by atoms with Crippen LogP contribution >= 0.6 is 0 Å². The van der Waals surface area contributed by atoms with Gasteiger partial charge in [-0.15, -0.1) is 0 Å². The van der Waals surface area contributed by atoms with Gasteiger partial charge in [0.2, 0.25) is 5.09 Å². The summed E-state index contributed by atoms with van der Waals surface area (Å²) in [5.41, 5.74) is -0.731. The van der Waals surface area contributed by atoms with Crippen LogP contribution < -0.4 is 5.32 Å². The van der Waals surface area contributed by atoms with Gasteiger partial charge in [-0.05, 0) is 25.0 Å². The zero-order chi connectivity index (χ0) is 15.4. The van der Waals surface area contributed by atoms with E-state index in [9.17, 15) is 13.5 Å². The molecule has 0 aromatic carbocycles. The highest BCUT2D eigenvalue weighted by atomic mass is 32.2. The molecule has 0 radical (unpaired) electrons. The van der Waals surface area contributed by atoms with Gasteiger partial charge >= 0.3 is 0 Å². The van der Waals surface area contributed by atoms with Gasteiger partial charge in [-0.2, -0.15) is 0 Å². The minimum Gasteiger partial charge on any atom is -0.447 e. The Bertz CT molecular complexity index is 518. The Morgan fingerprint density at radius 1 is 1.30 bits per heavy atom. The monoisotopic (exact) mass is 304 g/mol. The smallest absolute Gasteiger partial charge is 0.275 e. The Balaban J connectivity index is 2.62. The average Bonchev–Trinajstić information content (AvgIpc) is 2.87. The molecule has 1 aromatic rings. The predicted molar refractivity (Wildman–Crippen MR) is 76.8 cm³/mol. The standard InChI is InChI=1S/C13H24N2O4S/c1-5-13(16,6-2)10-14-9-11-7-8-12(19-11)20(17,18)15(3)4/h7-8,14,16H,5-6,9-10H2,1-4H3. The number of nitrogens with zero attached hydrogens (tertiary/aromatic N) is 1. The van der Waals surface area contributed by atoms with Crippen LogP contribution in [0.1, 0.15) is 32.4 Å². The lowest BCUT2D eigenvalue weighted by Crippen LogP contribution is -2.39. The van der Waals surface area contributed by atoms with E-state index in [1.807, 2.05) is 13.8 Å². The molecular weight excluding hydrogens is 280 g/mol. The molecule has 6 nitrogen and oxygen atoms in total. The van der Waals surface area contributed by atoms with Crippen LogP contribution in [0.5, 0.6) is 0 Å². The number of aliphatic hydroxyl groups is 1. The van der Waals surface area contributed by atoms with Gasteiger partial charge in [0.1, 0.15) is 5.76 Å². The van der Waals surface area contributed by atoms with Crippen LogP contribution in [0.15, 0.2) is 21.6 Å². The molecule has 0 aliphatic carbocycles. The third-order valence-corrected chi connectivity index (χ3v) is 5.13. The third-order valence-electron chi connectivity index (χ3n) is 3.44. The first kappa shape index (κ1) is 17.2. The van der Waals surface area contributed by atoms with Gasteiger partial charge in [-0.25, -0.2) is 12.7 Å². The molecule has 0 fully saturated rings. The average molecular weight is 304 g/mol. The van der Waals surface area contributed by atoms with Gasteiger partial charge in [0.15, 0.2) is 0 Å². The molecule has 0 bridgehead atoms. The first-order valence-corrected chi connectivity index (χ1v) is 8.13. The quantitative estimate of drug-likeness (QED) is 0.753. The summed E-state index contributed by atoms with van der Waals surface area (Å²) in [6.07, 6.45) is 1.32. The Labute approximate surface area is 120 Å². The molecule has 0 aliphatic heterocycles. The van der Waals surface area contributed by atoms with E-state index in [1.54, 1.807) is 6.07 Å². The summed E-state index contributed by atoms with van der Waals surface area (Å²) >= 11 is 0. The van der Waals surface area contributed by atoms with E-state index in [-0.39, 0.29) is 5.09 Å². The lowest BCUT2D eigenvalue weighted by atomic mass is 9.98. The number of rotatable bonds is 8. The molecule has 1 aromatic heterocycles. The summed E-state index contributed by atoms with van der Waals surface area (Å²) in [6.45, 7) is 4.68. The van der Waals surface area contributed by atoms with E-state index >= 15 is 0 Å². The number of nitrogens with one attached hydrogen (secondary N) is 1. The van der Waals surface area contributed by atoms with E-state index < -0.39 is 15.6 Å². The van der Waals surface area contributed by atoms with Crippen molar-refractivity contribution in [1.29, 1.82) is 0 Å². The van der Waals surface area contributed by atoms with Crippen LogP contribution in [-0.2, 0) is 16.6 Å². The Hall–Kier alpha value is -0.890. The zero-order valence-corrected chi connectivity index (χ0v) is 13.3. The van der Waals surface area contributed by atoms with Crippen molar-refractivity contribution in [1.82, 2.24) is 9.62 Å².